The van der Waals surface area contributed by atoms with Crippen molar-refractivity contribution in [2.45, 2.75) is 0 Å². The third kappa shape index (κ3) is 6.89. The summed E-state index contributed by atoms with van der Waals surface area (Å²) in [5.74, 6) is 1.98. The Kier molecular flexibility index (Phi) is 9.11. The van der Waals surface area contributed by atoms with E-state index in [9.17, 15) is 0 Å². The third-order valence-corrected chi connectivity index (χ3v) is 15.3. The van der Waals surface area contributed by atoms with Crippen molar-refractivity contribution in [3.63, 3.8) is 0 Å². The van der Waals surface area contributed by atoms with E-state index in [0.29, 0.717) is 17.5 Å². The van der Waals surface area contributed by atoms with Gasteiger partial charge in [-0.1, -0.05) is 0 Å². The molecule has 0 N–H and O–H groups in total. The zero-order chi connectivity index (χ0) is 35.4. The summed E-state index contributed by atoms with van der Waals surface area (Å²) in [6.45, 7) is 0. The molecule has 0 aliphatic rings. The molecule has 0 aliphatic heterocycles. The van der Waals surface area contributed by atoms with Crippen molar-refractivity contribution in [2.75, 3.05) is 0 Å². The molecule has 8 aromatic carbocycles. The predicted molar refractivity (Wildman–Crippen MR) is 228 cm³/mol. The fraction of sp³-hybridized carbons (Fsp3) is 0. The summed E-state index contributed by atoms with van der Waals surface area (Å²) in [5, 5.41) is 2.33. The first kappa shape index (κ1) is 32.7. The van der Waals surface area contributed by atoms with E-state index in [4.69, 9.17) is 15.0 Å². The Morgan fingerprint density at radius 1 is 0.283 bits per heavy atom. The van der Waals surface area contributed by atoms with Crippen molar-refractivity contribution in [1.29, 1.82) is 0 Å². The first-order chi connectivity index (χ1) is 26.3. The molecule has 0 aliphatic carbocycles. The summed E-state index contributed by atoms with van der Waals surface area (Å²) in [6.07, 6.45) is 0. The van der Waals surface area contributed by atoms with Gasteiger partial charge in [-0.25, -0.2) is 0 Å². The first-order valence-corrected chi connectivity index (χ1v) is 20.9. The average Bonchev–Trinajstić information content (AvgIpc) is 3.25. The quantitative estimate of drug-likeness (QED) is 0.144. The van der Waals surface area contributed by atoms with Gasteiger partial charge in [0.2, 0.25) is 0 Å². The molecule has 0 spiro atoms. The molecule has 3 nitrogen and oxygen atoms in total. The number of benzene rings is 8. The molecular formula is C49H34IN3. The molecule has 0 saturated carbocycles. The zero-order valence-electron chi connectivity index (χ0n) is 28.8. The fourth-order valence-corrected chi connectivity index (χ4v) is 12.7. The molecule has 1 aromatic heterocycles. The van der Waals surface area contributed by atoms with Gasteiger partial charge >= 0.3 is 319 Å². The van der Waals surface area contributed by atoms with Crippen LogP contribution in [0.4, 0.5) is 0 Å². The summed E-state index contributed by atoms with van der Waals surface area (Å²) in [5.41, 5.74) is 7.65. The van der Waals surface area contributed by atoms with Crippen molar-refractivity contribution in [3.8, 4) is 56.4 Å². The summed E-state index contributed by atoms with van der Waals surface area (Å²) < 4.78 is 4.00. The number of nitrogens with zero attached hydrogens (tertiary/aromatic N) is 3. The van der Waals surface area contributed by atoms with Gasteiger partial charge in [0.05, 0.1) is 0 Å². The fourth-order valence-electron chi connectivity index (χ4n) is 6.68. The standard InChI is InChI=1S/C49H34IN3/c1-4-16-35(17-5-1)39-22-14-24-41(32-39)47-51-48(42-31-30-37-20-10-11-21-38(37)33-42)53-49(52-47)45-28-12-13-29-46(45)50(43-25-8-3-9-26-43)44-27-15-23-40(34-44)36-18-6-2-7-19-36/h1-34H. The van der Waals surface area contributed by atoms with E-state index in [-0.39, 0.29) is 0 Å². The number of aromatic nitrogens is 3. The molecule has 0 bridgehead atoms. The van der Waals surface area contributed by atoms with Crippen LogP contribution in [0.1, 0.15) is 0 Å². The Morgan fingerprint density at radius 2 is 0.774 bits per heavy atom. The maximum absolute atomic E-state index is 5.29. The van der Waals surface area contributed by atoms with Gasteiger partial charge < -0.3 is 0 Å². The molecule has 0 unspecified atom stereocenters. The number of halogens is 1. The summed E-state index contributed by atoms with van der Waals surface area (Å²) >= 11 is -2.28. The summed E-state index contributed by atoms with van der Waals surface area (Å²) in [6, 6.07) is 73.3. The Bertz CT molecular complexity index is 2680. The number of hydrogen-bond acceptors (Lipinski definition) is 3. The molecule has 4 heteroatoms. The van der Waals surface area contributed by atoms with Crippen LogP contribution in [0.3, 0.4) is 0 Å². The van der Waals surface area contributed by atoms with Crippen LogP contribution in [0.5, 0.6) is 0 Å². The second-order valence-electron chi connectivity index (χ2n) is 12.8. The summed E-state index contributed by atoms with van der Waals surface area (Å²) in [7, 11) is 0. The maximum atomic E-state index is 5.29. The van der Waals surface area contributed by atoms with Crippen LogP contribution in [-0.2, 0) is 0 Å². The van der Waals surface area contributed by atoms with Crippen LogP contribution >= 0.6 is 19.8 Å². The van der Waals surface area contributed by atoms with Gasteiger partial charge in [0.25, 0.3) is 0 Å². The van der Waals surface area contributed by atoms with Crippen LogP contribution in [0.15, 0.2) is 206 Å². The van der Waals surface area contributed by atoms with Crippen LogP contribution in [-0.4, -0.2) is 15.0 Å². The molecule has 0 atom stereocenters. The topological polar surface area (TPSA) is 38.7 Å². The Hall–Kier alpha value is -6.24. The SMILES string of the molecule is c1ccc(-c2cccc(-c3nc(-c4ccc5ccccc5c4)nc(-c4ccccc4I(c4ccccc4)c4cccc(-c5ccccc5)c4)n3)c2)cc1. The molecule has 0 radical (unpaired) electrons. The molecule has 53 heavy (non-hydrogen) atoms. The Labute approximate surface area is 317 Å². The van der Waals surface area contributed by atoms with Gasteiger partial charge in [0, 0.05) is 0 Å². The van der Waals surface area contributed by atoms with Gasteiger partial charge in [0.1, 0.15) is 0 Å². The molecule has 252 valence electrons. The molecule has 9 rings (SSSR count). The minimum absolute atomic E-state index is 0.650. The molecule has 0 amide bonds. The first-order valence-electron chi connectivity index (χ1n) is 17.7. The zero-order valence-corrected chi connectivity index (χ0v) is 31.0. The van der Waals surface area contributed by atoms with E-state index in [2.05, 4.69) is 200 Å². The van der Waals surface area contributed by atoms with Crippen LogP contribution < -0.4 is 0 Å². The van der Waals surface area contributed by atoms with Crippen LogP contribution in [0.25, 0.3) is 67.2 Å². The van der Waals surface area contributed by atoms with Crippen LogP contribution in [0.2, 0.25) is 0 Å². The van der Waals surface area contributed by atoms with E-state index in [0.717, 1.165) is 33.2 Å². The van der Waals surface area contributed by atoms with Crippen molar-refractivity contribution in [2.24, 2.45) is 0 Å². The predicted octanol–water partition coefficient (Wildman–Crippen LogP) is 12.8. The van der Waals surface area contributed by atoms with E-state index in [1.807, 2.05) is 6.07 Å². The van der Waals surface area contributed by atoms with Gasteiger partial charge in [-0.05, 0) is 0 Å². The molecule has 9 aromatic rings. The number of fused-ring (bicyclic) bond motifs is 1. The Balaban J connectivity index is 1.24. The second kappa shape index (κ2) is 14.8. The summed E-state index contributed by atoms with van der Waals surface area (Å²) in [4.78, 5) is 15.7. The number of hydrogen-bond donors (Lipinski definition) is 0. The van der Waals surface area contributed by atoms with Gasteiger partial charge in [0.15, 0.2) is 0 Å². The van der Waals surface area contributed by atoms with Gasteiger partial charge in [-0.15, -0.1) is 0 Å². The van der Waals surface area contributed by atoms with Crippen molar-refractivity contribution >= 4 is 30.6 Å². The van der Waals surface area contributed by atoms with Gasteiger partial charge in [-0.2, -0.15) is 0 Å². The molecule has 0 saturated heterocycles. The molecule has 1 heterocycles. The average molecular weight is 792 g/mol. The van der Waals surface area contributed by atoms with E-state index in [1.165, 1.54) is 27.2 Å². The molecular weight excluding hydrogens is 757 g/mol. The Morgan fingerprint density at radius 3 is 1.49 bits per heavy atom. The van der Waals surface area contributed by atoms with Crippen molar-refractivity contribution in [1.82, 2.24) is 15.0 Å². The van der Waals surface area contributed by atoms with Gasteiger partial charge in [-0.3, -0.25) is 0 Å². The van der Waals surface area contributed by atoms with E-state index in [1.54, 1.807) is 0 Å². The third-order valence-electron chi connectivity index (χ3n) is 9.29. The number of rotatable bonds is 8. The monoisotopic (exact) mass is 791 g/mol. The normalized spacial score (nSPS) is 11.4. The van der Waals surface area contributed by atoms with Crippen molar-refractivity contribution in [3.05, 3.63) is 217 Å². The van der Waals surface area contributed by atoms with Crippen molar-refractivity contribution < 1.29 is 0 Å². The second-order valence-corrected chi connectivity index (χ2v) is 18.0. The molecule has 0 fully saturated rings. The minimum atomic E-state index is -2.28. The van der Waals surface area contributed by atoms with Crippen LogP contribution in [0, 0.1) is 10.7 Å². The van der Waals surface area contributed by atoms with E-state index >= 15 is 0 Å². The van der Waals surface area contributed by atoms with E-state index < -0.39 is 19.8 Å².